The van der Waals surface area contributed by atoms with Crippen LogP contribution in [0.4, 0.5) is 0 Å². The van der Waals surface area contributed by atoms with Crippen LogP contribution in [0.2, 0.25) is 0 Å². The van der Waals surface area contributed by atoms with Gasteiger partial charge in [0.2, 0.25) is 0 Å². The Balaban J connectivity index is 1.92. The lowest BCUT2D eigenvalue weighted by Crippen LogP contribution is -2.37. The molecule has 76 valence electrons. The summed E-state index contributed by atoms with van der Waals surface area (Å²) in [4.78, 5) is 0. The number of hydrogen-bond acceptors (Lipinski definition) is 3. The Hall–Kier alpha value is -1.32. The van der Waals surface area contributed by atoms with Gasteiger partial charge in [0.25, 0.3) is 0 Å². The van der Waals surface area contributed by atoms with Crippen molar-refractivity contribution in [3.63, 3.8) is 0 Å². The van der Waals surface area contributed by atoms with E-state index in [0.717, 1.165) is 6.54 Å². The fourth-order valence-electron chi connectivity index (χ4n) is 3.01. The third kappa shape index (κ3) is 0.919. The minimum absolute atomic E-state index is 0.485. The van der Waals surface area contributed by atoms with E-state index in [0.29, 0.717) is 18.0 Å². The van der Waals surface area contributed by atoms with E-state index in [1.807, 2.05) is 0 Å². The molecule has 3 unspecified atom stereocenters. The second-order valence-corrected chi connectivity index (χ2v) is 4.50. The second kappa shape index (κ2) is 2.62. The van der Waals surface area contributed by atoms with Crippen LogP contribution in [-0.4, -0.2) is 12.6 Å². The molecule has 3 nitrogen and oxygen atoms in total. The molecule has 0 amide bonds. The predicted octanol–water partition coefficient (Wildman–Crippen LogP) is 0.778. The summed E-state index contributed by atoms with van der Waals surface area (Å²) < 4.78 is 0. The molecule has 1 saturated heterocycles. The summed E-state index contributed by atoms with van der Waals surface area (Å²) in [7, 11) is 0. The summed E-state index contributed by atoms with van der Waals surface area (Å²) in [5.41, 5.74) is 10.7. The van der Waals surface area contributed by atoms with Crippen LogP contribution in [0.15, 0.2) is 30.3 Å². The minimum atomic E-state index is 0.485. The van der Waals surface area contributed by atoms with Gasteiger partial charge in [-0.25, -0.2) is 0 Å². The van der Waals surface area contributed by atoms with Crippen LogP contribution in [0, 0.1) is 5.92 Å². The van der Waals surface area contributed by atoms with E-state index in [1.54, 1.807) is 0 Å². The first-order chi connectivity index (χ1) is 7.43. The van der Waals surface area contributed by atoms with Gasteiger partial charge < -0.3 is 5.32 Å². The molecule has 0 saturated carbocycles. The fourth-order valence-corrected chi connectivity index (χ4v) is 3.01. The zero-order chi connectivity index (χ0) is 9.83. The van der Waals surface area contributed by atoms with E-state index in [2.05, 4.69) is 46.5 Å². The summed E-state index contributed by atoms with van der Waals surface area (Å²) in [5.74, 6) is 0.636. The molecular weight excluding hydrogens is 186 g/mol. The zero-order valence-corrected chi connectivity index (χ0v) is 8.33. The largest absolute Gasteiger partial charge is 0.378 e. The van der Waals surface area contributed by atoms with Crippen LogP contribution in [0.1, 0.15) is 17.2 Å². The maximum atomic E-state index is 3.61. The lowest BCUT2D eigenvalue weighted by Gasteiger charge is -2.27. The molecule has 3 heteroatoms. The molecule has 1 aromatic carbocycles. The Kier molecular flexibility index (Phi) is 1.38. The first-order valence-corrected chi connectivity index (χ1v) is 5.49. The zero-order valence-electron chi connectivity index (χ0n) is 8.33. The summed E-state index contributed by atoms with van der Waals surface area (Å²) in [6.07, 6.45) is 2.31. The number of fused-ring (bicyclic) bond motifs is 7. The van der Waals surface area contributed by atoms with E-state index in [4.69, 9.17) is 0 Å². The molecule has 0 aliphatic carbocycles. The Morgan fingerprint density at radius 2 is 2.13 bits per heavy atom. The molecule has 0 spiro atoms. The first-order valence-electron chi connectivity index (χ1n) is 5.49. The van der Waals surface area contributed by atoms with Crippen molar-refractivity contribution in [1.29, 1.82) is 0 Å². The molecular formula is C12H13N3. The van der Waals surface area contributed by atoms with Gasteiger partial charge in [-0.2, -0.15) is 0 Å². The highest BCUT2D eigenvalue weighted by Gasteiger charge is 2.42. The first kappa shape index (κ1) is 7.91. The molecule has 0 radical (unpaired) electrons. The molecule has 4 rings (SSSR count). The SMILES string of the molecule is C1=C2NC(c3ccccc32)C2CNNC12. The van der Waals surface area contributed by atoms with Gasteiger partial charge in [0.1, 0.15) is 0 Å². The summed E-state index contributed by atoms with van der Waals surface area (Å²) in [6, 6.07) is 9.68. The Bertz CT molecular complexity index is 452. The van der Waals surface area contributed by atoms with Crippen molar-refractivity contribution in [2.24, 2.45) is 5.92 Å². The van der Waals surface area contributed by atoms with E-state index in [1.165, 1.54) is 16.8 Å². The topological polar surface area (TPSA) is 36.1 Å². The third-order valence-corrected chi connectivity index (χ3v) is 3.74. The summed E-state index contributed by atoms with van der Waals surface area (Å²) >= 11 is 0. The van der Waals surface area contributed by atoms with Gasteiger partial charge in [-0.3, -0.25) is 10.9 Å². The van der Waals surface area contributed by atoms with Gasteiger partial charge in [0, 0.05) is 29.8 Å². The maximum absolute atomic E-state index is 3.61. The quantitative estimate of drug-likeness (QED) is 0.578. The molecule has 1 fully saturated rings. The number of hydrazine groups is 1. The lowest BCUT2D eigenvalue weighted by atomic mass is 9.89. The number of hydrogen-bond donors (Lipinski definition) is 3. The molecule has 2 bridgehead atoms. The van der Waals surface area contributed by atoms with Gasteiger partial charge >= 0.3 is 0 Å². The number of benzene rings is 1. The average Bonchev–Trinajstić information content (AvgIpc) is 2.85. The smallest absolute Gasteiger partial charge is 0.0579 e. The van der Waals surface area contributed by atoms with Gasteiger partial charge in [-0.1, -0.05) is 24.3 Å². The fraction of sp³-hybridized carbons (Fsp3) is 0.333. The second-order valence-electron chi connectivity index (χ2n) is 4.50. The average molecular weight is 199 g/mol. The standard InChI is InChI=1S/C12H13N3/c1-2-4-8-7(3-1)10-5-11-9(6-13-15-11)12(8)14-10/h1-5,9,11-15H,6H2. The molecule has 1 aromatic rings. The van der Waals surface area contributed by atoms with Gasteiger partial charge in [0.05, 0.1) is 6.04 Å². The lowest BCUT2D eigenvalue weighted by molar-refractivity contribution is 0.402. The van der Waals surface area contributed by atoms with Crippen LogP contribution < -0.4 is 16.2 Å². The highest BCUT2D eigenvalue weighted by atomic mass is 15.4. The van der Waals surface area contributed by atoms with Crippen LogP contribution in [0.3, 0.4) is 0 Å². The van der Waals surface area contributed by atoms with E-state index >= 15 is 0 Å². The van der Waals surface area contributed by atoms with Gasteiger partial charge in [-0.15, -0.1) is 0 Å². The Morgan fingerprint density at radius 1 is 1.20 bits per heavy atom. The maximum Gasteiger partial charge on any atom is 0.0579 e. The number of nitrogens with one attached hydrogen (secondary N) is 3. The number of rotatable bonds is 0. The van der Waals surface area contributed by atoms with Gasteiger partial charge in [-0.05, 0) is 11.6 Å². The van der Waals surface area contributed by atoms with Crippen molar-refractivity contribution in [3.8, 4) is 0 Å². The molecule has 3 atom stereocenters. The van der Waals surface area contributed by atoms with Crippen molar-refractivity contribution in [2.75, 3.05) is 6.54 Å². The molecule has 3 heterocycles. The molecule has 0 aromatic heterocycles. The summed E-state index contributed by atoms with van der Waals surface area (Å²) in [6.45, 7) is 1.04. The summed E-state index contributed by atoms with van der Waals surface area (Å²) in [5, 5.41) is 3.61. The van der Waals surface area contributed by atoms with Crippen molar-refractivity contribution in [1.82, 2.24) is 16.2 Å². The van der Waals surface area contributed by atoms with Crippen LogP contribution >= 0.6 is 0 Å². The monoisotopic (exact) mass is 199 g/mol. The molecule has 3 N–H and O–H groups in total. The predicted molar refractivity (Wildman–Crippen MR) is 58.7 cm³/mol. The highest BCUT2D eigenvalue weighted by molar-refractivity contribution is 5.74. The van der Waals surface area contributed by atoms with E-state index in [9.17, 15) is 0 Å². The van der Waals surface area contributed by atoms with E-state index in [-0.39, 0.29) is 0 Å². The normalized spacial score (nSPS) is 35.5. The van der Waals surface area contributed by atoms with Crippen molar-refractivity contribution in [2.45, 2.75) is 12.1 Å². The molecule has 3 aliphatic heterocycles. The Labute approximate surface area is 88.5 Å². The molecule has 15 heavy (non-hydrogen) atoms. The molecule has 3 aliphatic rings. The van der Waals surface area contributed by atoms with Crippen molar-refractivity contribution >= 4 is 5.70 Å². The van der Waals surface area contributed by atoms with Crippen molar-refractivity contribution < 1.29 is 0 Å². The van der Waals surface area contributed by atoms with E-state index < -0.39 is 0 Å². The van der Waals surface area contributed by atoms with Crippen LogP contribution in [-0.2, 0) is 0 Å². The highest BCUT2D eigenvalue weighted by Crippen LogP contribution is 2.42. The third-order valence-electron chi connectivity index (χ3n) is 3.74. The minimum Gasteiger partial charge on any atom is -0.378 e. The van der Waals surface area contributed by atoms with Gasteiger partial charge in [0.15, 0.2) is 0 Å². The van der Waals surface area contributed by atoms with Crippen LogP contribution in [0.25, 0.3) is 5.70 Å². The van der Waals surface area contributed by atoms with Crippen molar-refractivity contribution in [3.05, 3.63) is 41.5 Å². The van der Waals surface area contributed by atoms with Crippen LogP contribution in [0.5, 0.6) is 0 Å². The Morgan fingerprint density at radius 3 is 3.13 bits per heavy atom.